The normalized spacial score (nSPS) is 24.5. The van der Waals surface area contributed by atoms with Crippen molar-refractivity contribution in [2.45, 2.75) is 45.2 Å². The van der Waals surface area contributed by atoms with Crippen LogP contribution in [0.5, 0.6) is 0 Å². The average molecular weight is 296 g/mol. The third-order valence-corrected chi connectivity index (χ3v) is 3.70. The molecular formula is C15H24N2O4. The Bertz CT molecular complexity index is 470. The van der Waals surface area contributed by atoms with Gasteiger partial charge in [-0.05, 0) is 37.3 Å². The summed E-state index contributed by atoms with van der Waals surface area (Å²) in [4.78, 5) is 23.7. The molecule has 0 aromatic heterocycles. The summed E-state index contributed by atoms with van der Waals surface area (Å²) in [7, 11) is 0. The largest absolute Gasteiger partial charge is 0.508 e. The minimum atomic E-state index is -1.16. The van der Waals surface area contributed by atoms with Crippen molar-refractivity contribution in [1.82, 2.24) is 0 Å². The SMILES string of the molecule is CC(C)C[C@H](N)C(=O)C1(C[C@H](N)C(=O)O)C=CC(O)=CC1. The monoisotopic (exact) mass is 296 g/mol. The van der Waals surface area contributed by atoms with Gasteiger partial charge in [-0.15, -0.1) is 0 Å². The molecule has 0 radical (unpaired) electrons. The number of aliphatic carboxylic acids is 1. The highest BCUT2D eigenvalue weighted by Gasteiger charge is 2.41. The van der Waals surface area contributed by atoms with Crippen molar-refractivity contribution in [3.8, 4) is 0 Å². The van der Waals surface area contributed by atoms with E-state index in [0.717, 1.165) is 0 Å². The number of hydrogen-bond acceptors (Lipinski definition) is 5. The number of rotatable bonds is 7. The van der Waals surface area contributed by atoms with Gasteiger partial charge in [0.15, 0.2) is 5.78 Å². The van der Waals surface area contributed by atoms with E-state index in [4.69, 9.17) is 16.6 Å². The lowest BCUT2D eigenvalue weighted by Crippen LogP contribution is -2.47. The summed E-state index contributed by atoms with van der Waals surface area (Å²) in [5.41, 5.74) is 10.5. The molecule has 6 nitrogen and oxygen atoms in total. The Morgan fingerprint density at radius 2 is 1.95 bits per heavy atom. The number of allylic oxidation sites excluding steroid dienone is 3. The molecule has 0 amide bonds. The van der Waals surface area contributed by atoms with Crippen LogP contribution in [0.25, 0.3) is 0 Å². The first-order chi connectivity index (χ1) is 9.68. The topological polar surface area (TPSA) is 127 Å². The molecule has 6 N–H and O–H groups in total. The molecule has 1 unspecified atom stereocenters. The van der Waals surface area contributed by atoms with E-state index < -0.39 is 23.5 Å². The molecule has 0 aromatic rings. The van der Waals surface area contributed by atoms with Crippen LogP contribution in [0.3, 0.4) is 0 Å². The van der Waals surface area contributed by atoms with Crippen LogP contribution in [0, 0.1) is 11.3 Å². The van der Waals surface area contributed by atoms with Crippen LogP contribution in [0.2, 0.25) is 0 Å². The molecule has 0 bridgehead atoms. The highest BCUT2D eigenvalue weighted by atomic mass is 16.4. The van der Waals surface area contributed by atoms with E-state index in [2.05, 4.69) is 0 Å². The molecule has 1 rings (SSSR count). The molecule has 1 aliphatic rings. The van der Waals surface area contributed by atoms with E-state index in [-0.39, 0.29) is 30.3 Å². The number of Topliss-reactive ketones (excluding diaryl/α,β-unsaturated/α-hetero) is 1. The van der Waals surface area contributed by atoms with Gasteiger partial charge in [0.2, 0.25) is 0 Å². The first kappa shape index (κ1) is 17.4. The molecule has 0 aromatic carbocycles. The fourth-order valence-electron chi connectivity index (χ4n) is 2.57. The van der Waals surface area contributed by atoms with Gasteiger partial charge >= 0.3 is 5.97 Å². The minimum absolute atomic E-state index is 0.0345. The van der Waals surface area contributed by atoms with E-state index in [1.165, 1.54) is 18.2 Å². The summed E-state index contributed by atoms with van der Waals surface area (Å²) >= 11 is 0. The molecule has 0 aliphatic heterocycles. The molecule has 0 spiro atoms. The highest BCUT2D eigenvalue weighted by molar-refractivity contribution is 5.92. The standard InChI is InChI=1S/C15H24N2O4/c1-9(2)7-11(16)13(19)15(8-12(17)14(20)21)5-3-10(18)4-6-15/h3-5,9,11-12,18H,6-8,16-17H2,1-2H3,(H,20,21)/t11-,12-,15?/m0/s1. The zero-order valence-electron chi connectivity index (χ0n) is 12.5. The first-order valence-corrected chi connectivity index (χ1v) is 7.04. The van der Waals surface area contributed by atoms with Crippen LogP contribution in [-0.2, 0) is 9.59 Å². The van der Waals surface area contributed by atoms with Gasteiger partial charge in [0.05, 0.1) is 11.5 Å². The maximum absolute atomic E-state index is 12.7. The van der Waals surface area contributed by atoms with Crippen molar-refractivity contribution in [2.75, 3.05) is 0 Å². The molecule has 21 heavy (non-hydrogen) atoms. The second-order valence-electron chi connectivity index (χ2n) is 6.07. The van der Waals surface area contributed by atoms with Gasteiger partial charge in [-0.2, -0.15) is 0 Å². The Morgan fingerprint density at radius 3 is 2.38 bits per heavy atom. The van der Waals surface area contributed by atoms with Crippen molar-refractivity contribution in [2.24, 2.45) is 22.8 Å². The Labute approximate surface area is 124 Å². The van der Waals surface area contributed by atoms with Crippen LogP contribution < -0.4 is 11.5 Å². The number of aliphatic hydroxyl groups excluding tert-OH is 1. The number of carboxylic acid groups (broad SMARTS) is 1. The molecule has 6 heteroatoms. The van der Waals surface area contributed by atoms with E-state index in [1.807, 2.05) is 13.8 Å². The number of aliphatic hydroxyl groups is 1. The predicted octanol–water partition coefficient (Wildman–Crippen LogP) is 1.12. The number of carbonyl (C=O) groups excluding carboxylic acids is 1. The van der Waals surface area contributed by atoms with Gasteiger partial charge in [0.1, 0.15) is 11.8 Å². The number of carbonyl (C=O) groups is 2. The van der Waals surface area contributed by atoms with Crippen LogP contribution in [-0.4, -0.2) is 34.0 Å². The van der Waals surface area contributed by atoms with Crippen molar-refractivity contribution >= 4 is 11.8 Å². The van der Waals surface area contributed by atoms with Gasteiger partial charge < -0.3 is 21.7 Å². The Morgan fingerprint density at radius 1 is 1.33 bits per heavy atom. The van der Waals surface area contributed by atoms with E-state index >= 15 is 0 Å². The highest BCUT2D eigenvalue weighted by Crippen LogP contribution is 2.36. The Balaban J connectivity index is 3.00. The smallest absolute Gasteiger partial charge is 0.320 e. The van der Waals surface area contributed by atoms with Crippen molar-refractivity contribution < 1.29 is 19.8 Å². The number of carboxylic acids is 1. The fourth-order valence-corrected chi connectivity index (χ4v) is 2.57. The summed E-state index contributed by atoms with van der Waals surface area (Å²) in [5, 5.41) is 18.4. The molecular weight excluding hydrogens is 272 g/mol. The molecule has 0 saturated carbocycles. The van der Waals surface area contributed by atoms with Crippen molar-refractivity contribution in [1.29, 1.82) is 0 Å². The molecule has 1 aliphatic carbocycles. The van der Waals surface area contributed by atoms with Gasteiger partial charge in [-0.1, -0.05) is 19.9 Å². The lowest BCUT2D eigenvalue weighted by molar-refractivity contribution is -0.140. The summed E-state index contributed by atoms with van der Waals surface area (Å²) in [6.45, 7) is 3.93. The number of nitrogens with two attached hydrogens (primary N) is 2. The van der Waals surface area contributed by atoms with Gasteiger partial charge in [0.25, 0.3) is 0 Å². The number of ketones is 1. The van der Waals surface area contributed by atoms with Gasteiger partial charge in [0, 0.05) is 0 Å². The van der Waals surface area contributed by atoms with E-state index in [0.29, 0.717) is 6.42 Å². The summed E-state index contributed by atoms with van der Waals surface area (Å²) in [5.74, 6) is -1.08. The fraction of sp³-hybridized carbons (Fsp3) is 0.600. The molecule has 3 atom stereocenters. The zero-order chi connectivity index (χ0) is 16.2. The average Bonchev–Trinajstić information content (AvgIpc) is 2.39. The quantitative estimate of drug-likeness (QED) is 0.557. The number of hydrogen-bond donors (Lipinski definition) is 4. The van der Waals surface area contributed by atoms with Crippen LogP contribution in [0.1, 0.15) is 33.1 Å². The Kier molecular flexibility index (Phi) is 5.69. The van der Waals surface area contributed by atoms with E-state index in [9.17, 15) is 14.7 Å². The molecule has 118 valence electrons. The van der Waals surface area contributed by atoms with Crippen molar-refractivity contribution in [3.05, 3.63) is 24.0 Å². The second-order valence-corrected chi connectivity index (χ2v) is 6.07. The maximum Gasteiger partial charge on any atom is 0.320 e. The third kappa shape index (κ3) is 4.41. The maximum atomic E-state index is 12.7. The zero-order valence-corrected chi connectivity index (χ0v) is 12.5. The predicted molar refractivity (Wildman–Crippen MR) is 79.6 cm³/mol. The molecule has 0 saturated heterocycles. The molecule has 0 heterocycles. The van der Waals surface area contributed by atoms with Gasteiger partial charge in [-0.3, -0.25) is 9.59 Å². The van der Waals surface area contributed by atoms with Crippen molar-refractivity contribution in [3.63, 3.8) is 0 Å². The molecule has 0 fully saturated rings. The Hall–Kier alpha value is -1.66. The van der Waals surface area contributed by atoms with Crippen LogP contribution in [0.15, 0.2) is 24.0 Å². The summed E-state index contributed by atoms with van der Waals surface area (Å²) in [6.07, 6.45) is 5.13. The lowest BCUT2D eigenvalue weighted by atomic mass is 9.70. The lowest BCUT2D eigenvalue weighted by Gasteiger charge is -2.34. The first-order valence-electron chi connectivity index (χ1n) is 7.04. The third-order valence-electron chi connectivity index (χ3n) is 3.70. The summed E-state index contributed by atoms with van der Waals surface area (Å²) < 4.78 is 0. The van der Waals surface area contributed by atoms with Crippen LogP contribution >= 0.6 is 0 Å². The summed E-state index contributed by atoms with van der Waals surface area (Å²) in [6, 6.07) is -1.83. The minimum Gasteiger partial charge on any atom is -0.508 e. The van der Waals surface area contributed by atoms with Crippen LogP contribution in [0.4, 0.5) is 0 Å². The van der Waals surface area contributed by atoms with E-state index in [1.54, 1.807) is 0 Å². The van der Waals surface area contributed by atoms with Gasteiger partial charge in [-0.25, -0.2) is 0 Å². The second kappa shape index (κ2) is 6.87.